The van der Waals surface area contributed by atoms with E-state index in [1.807, 2.05) is 24.1 Å². The average Bonchev–Trinajstić information content (AvgIpc) is 3.20. The number of nitrogens with one attached hydrogen (secondary N) is 2. The molecule has 2 aromatic carbocycles. The standard InChI is InChI=1S/C24H28N4O5S/c1-28-14-2-4-22(28)27-34(31,32)20-10-7-18(8-11-20)25-23(29)5-3-15-33-19-9-12-21-17(16-19)6-13-24(30)26-21/h7-12,16H,2-6,13-15H2,1H3,(H,25,29)(H,26,30)/b27-22+. The molecule has 0 aromatic heterocycles. The van der Waals surface area contributed by atoms with E-state index in [1.54, 1.807) is 18.2 Å². The second-order valence-electron chi connectivity index (χ2n) is 8.40. The molecule has 2 aliphatic rings. The van der Waals surface area contributed by atoms with Gasteiger partial charge in [-0.1, -0.05) is 0 Å². The van der Waals surface area contributed by atoms with Gasteiger partial charge in [0.2, 0.25) is 11.8 Å². The summed E-state index contributed by atoms with van der Waals surface area (Å²) in [5, 5.41) is 5.60. The summed E-state index contributed by atoms with van der Waals surface area (Å²) in [6, 6.07) is 11.6. The van der Waals surface area contributed by atoms with E-state index in [0.29, 0.717) is 49.6 Å². The van der Waals surface area contributed by atoms with E-state index >= 15 is 0 Å². The van der Waals surface area contributed by atoms with Gasteiger partial charge in [-0.25, -0.2) is 0 Å². The van der Waals surface area contributed by atoms with Crippen LogP contribution in [-0.2, 0) is 26.0 Å². The van der Waals surface area contributed by atoms with Crippen molar-refractivity contribution in [3.8, 4) is 5.75 Å². The number of amidine groups is 1. The Balaban J connectivity index is 1.23. The molecule has 34 heavy (non-hydrogen) atoms. The molecule has 2 amide bonds. The Morgan fingerprint density at radius 2 is 1.94 bits per heavy atom. The highest BCUT2D eigenvalue weighted by Gasteiger charge is 2.20. The lowest BCUT2D eigenvalue weighted by atomic mass is 10.0. The van der Waals surface area contributed by atoms with Crippen LogP contribution in [0.4, 0.5) is 11.4 Å². The lowest BCUT2D eigenvalue weighted by Gasteiger charge is -2.17. The Kier molecular flexibility index (Phi) is 7.16. The summed E-state index contributed by atoms with van der Waals surface area (Å²) in [7, 11) is -1.95. The van der Waals surface area contributed by atoms with Gasteiger partial charge in [0.25, 0.3) is 10.0 Å². The van der Waals surface area contributed by atoms with Crippen molar-refractivity contribution >= 4 is 39.0 Å². The second kappa shape index (κ2) is 10.3. The van der Waals surface area contributed by atoms with E-state index in [-0.39, 0.29) is 23.1 Å². The Labute approximate surface area is 199 Å². The van der Waals surface area contributed by atoms with E-state index in [4.69, 9.17) is 4.74 Å². The van der Waals surface area contributed by atoms with Crippen LogP contribution in [0.25, 0.3) is 0 Å². The van der Waals surface area contributed by atoms with Crippen LogP contribution < -0.4 is 15.4 Å². The zero-order chi connectivity index (χ0) is 24.1. The maximum absolute atomic E-state index is 12.5. The molecule has 2 N–H and O–H groups in total. The molecule has 0 spiro atoms. The third-order valence-corrected chi connectivity index (χ3v) is 7.10. The Morgan fingerprint density at radius 1 is 1.15 bits per heavy atom. The number of ether oxygens (including phenoxy) is 1. The third-order valence-electron chi connectivity index (χ3n) is 5.79. The largest absolute Gasteiger partial charge is 0.494 e. The molecule has 180 valence electrons. The molecule has 0 saturated carbocycles. The lowest BCUT2D eigenvalue weighted by molar-refractivity contribution is -0.117. The van der Waals surface area contributed by atoms with Crippen molar-refractivity contribution in [2.24, 2.45) is 4.40 Å². The first kappa shape index (κ1) is 23.7. The minimum absolute atomic E-state index is 0.0226. The number of aryl methyl sites for hydroxylation is 1. The number of anilines is 2. The molecule has 10 heteroatoms. The highest BCUT2D eigenvalue weighted by Crippen LogP contribution is 2.27. The van der Waals surface area contributed by atoms with Crippen molar-refractivity contribution in [1.82, 2.24) is 4.90 Å². The Bertz CT molecular complexity index is 1210. The maximum Gasteiger partial charge on any atom is 0.283 e. The Hall–Kier alpha value is -3.40. The topological polar surface area (TPSA) is 117 Å². The molecule has 0 unspecified atom stereocenters. The minimum atomic E-state index is -3.78. The first-order valence-corrected chi connectivity index (χ1v) is 12.7. The summed E-state index contributed by atoms with van der Waals surface area (Å²) < 4.78 is 34.7. The number of fused-ring (bicyclic) bond motifs is 1. The fraction of sp³-hybridized carbons (Fsp3) is 0.375. The van der Waals surface area contributed by atoms with Gasteiger partial charge in [-0.15, -0.1) is 4.40 Å². The molecule has 2 aliphatic heterocycles. The van der Waals surface area contributed by atoms with Gasteiger partial charge in [-0.05, 0) is 67.3 Å². The van der Waals surface area contributed by atoms with E-state index in [2.05, 4.69) is 15.0 Å². The highest BCUT2D eigenvalue weighted by atomic mass is 32.2. The second-order valence-corrected chi connectivity index (χ2v) is 10.0. The predicted molar refractivity (Wildman–Crippen MR) is 130 cm³/mol. The van der Waals surface area contributed by atoms with Gasteiger partial charge in [-0.3, -0.25) is 9.59 Å². The van der Waals surface area contributed by atoms with Crippen molar-refractivity contribution in [1.29, 1.82) is 0 Å². The van der Waals surface area contributed by atoms with Crippen LogP contribution in [0.5, 0.6) is 5.75 Å². The van der Waals surface area contributed by atoms with Gasteiger partial charge in [0.15, 0.2) is 0 Å². The van der Waals surface area contributed by atoms with Gasteiger partial charge < -0.3 is 20.3 Å². The molecule has 2 aromatic rings. The normalized spacial score (nSPS) is 16.8. The molecular formula is C24H28N4O5S. The van der Waals surface area contributed by atoms with Crippen molar-refractivity contribution in [2.45, 2.75) is 43.4 Å². The van der Waals surface area contributed by atoms with Crippen LogP contribution in [0, 0.1) is 0 Å². The van der Waals surface area contributed by atoms with Crippen molar-refractivity contribution in [3.63, 3.8) is 0 Å². The van der Waals surface area contributed by atoms with Crippen LogP contribution in [-0.4, -0.2) is 51.2 Å². The number of sulfonamides is 1. The summed E-state index contributed by atoms with van der Waals surface area (Å²) >= 11 is 0. The number of hydrogen-bond acceptors (Lipinski definition) is 5. The van der Waals surface area contributed by atoms with Gasteiger partial charge in [0, 0.05) is 44.2 Å². The van der Waals surface area contributed by atoms with Crippen molar-refractivity contribution < 1.29 is 22.7 Å². The van der Waals surface area contributed by atoms with E-state index in [1.165, 1.54) is 12.1 Å². The monoisotopic (exact) mass is 484 g/mol. The number of rotatable bonds is 8. The number of nitrogens with zero attached hydrogens (tertiary/aromatic N) is 2. The lowest BCUT2D eigenvalue weighted by Crippen LogP contribution is -2.20. The fourth-order valence-corrected chi connectivity index (χ4v) is 5.00. The quantitative estimate of drug-likeness (QED) is 0.556. The summed E-state index contributed by atoms with van der Waals surface area (Å²) in [5.41, 5.74) is 2.38. The minimum Gasteiger partial charge on any atom is -0.494 e. The molecule has 9 nitrogen and oxygen atoms in total. The number of carbonyl (C=O) groups is 2. The molecule has 0 radical (unpaired) electrons. The highest BCUT2D eigenvalue weighted by molar-refractivity contribution is 7.90. The molecule has 2 heterocycles. The van der Waals surface area contributed by atoms with Gasteiger partial charge in [0.1, 0.15) is 11.6 Å². The first-order chi connectivity index (χ1) is 16.3. The molecule has 1 fully saturated rings. The van der Waals surface area contributed by atoms with E-state index in [0.717, 1.165) is 24.2 Å². The first-order valence-electron chi connectivity index (χ1n) is 11.3. The number of hydrogen-bond donors (Lipinski definition) is 2. The number of likely N-dealkylation sites (tertiary alicyclic amines) is 1. The van der Waals surface area contributed by atoms with E-state index < -0.39 is 10.0 Å². The number of carbonyl (C=O) groups excluding carboxylic acids is 2. The maximum atomic E-state index is 12.5. The van der Waals surface area contributed by atoms with Crippen LogP contribution >= 0.6 is 0 Å². The zero-order valence-corrected chi connectivity index (χ0v) is 19.9. The molecule has 4 rings (SSSR count). The summed E-state index contributed by atoms with van der Waals surface area (Å²) in [4.78, 5) is 25.6. The molecule has 0 atom stereocenters. The number of amides is 2. The predicted octanol–water partition coefficient (Wildman–Crippen LogP) is 3.18. The van der Waals surface area contributed by atoms with Crippen molar-refractivity contribution in [2.75, 3.05) is 30.8 Å². The summed E-state index contributed by atoms with van der Waals surface area (Å²) in [6.07, 6.45) is 3.49. The van der Waals surface area contributed by atoms with E-state index in [9.17, 15) is 18.0 Å². The van der Waals surface area contributed by atoms with Crippen LogP contribution in [0.15, 0.2) is 51.8 Å². The van der Waals surface area contributed by atoms with Gasteiger partial charge >= 0.3 is 0 Å². The van der Waals surface area contributed by atoms with Crippen LogP contribution in [0.1, 0.15) is 37.7 Å². The fourth-order valence-electron chi connectivity index (χ4n) is 3.91. The molecular weight excluding hydrogens is 456 g/mol. The summed E-state index contributed by atoms with van der Waals surface area (Å²) in [5.74, 6) is 1.12. The SMILES string of the molecule is CN1CCC/C1=N\S(=O)(=O)c1ccc(NC(=O)CCCOc2ccc3c(c2)CCC(=O)N3)cc1. The molecule has 0 bridgehead atoms. The molecule has 0 aliphatic carbocycles. The third kappa shape index (κ3) is 5.93. The summed E-state index contributed by atoms with van der Waals surface area (Å²) in [6.45, 7) is 1.18. The smallest absolute Gasteiger partial charge is 0.283 e. The van der Waals surface area contributed by atoms with Crippen molar-refractivity contribution in [3.05, 3.63) is 48.0 Å². The number of benzene rings is 2. The zero-order valence-electron chi connectivity index (χ0n) is 19.0. The van der Waals surface area contributed by atoms with Gasteiger partial charge in [0.05, 0.1) is 11.5 Å². The van der Waals surface area contributed by atoms with Crippen LogP contribution in [0.2, 0.25) is 0 Å². The Morgan fingerprint density at radius 3 is 2.68 bits per heavy atom. The molecule has 1 saturated heterocycles. The average molecular weight is 485 g/mol. The van der Waals surface area contributed by atoms with Gasteiger partial charge in [-0.2, -0.15) is 8.42 Å². The van der Waals surface area contributed by atoms with Crippen LogP contribution in [0.3, 0.4) is 0 Å².